The van der Waals surface area contributed by atoms with E-state index < -0.39 is 11.6 Å². The van der Waals surface area contributed by atoms with Gasteiger partial charge in [-0.25, -0.2) is 0 Å². The Kier molecular flexibility index (Phi) is 3.99. The van der Waals surface area contributed by atoms with Crippen molar-refractivity contribution in [2.24, 2.45) is 0 Å². The molecule has 0 bridgehead atoms. The molecule has 0 atom stereocenters. The lowest BCUT2D eigenvalue weighted by Crippen LogP contribution is -2.30. The van der Waals surface area contributed by atoms with E-state index in [0.29, 0.717) is 5.39 Å². The third-order valence-corrected chi connectivity index (χ3v) is 3.15. The van der Waals surface area contributed by atoms with Crippen molar-refractivity contribution in [3.63, 3.8) is 0 Å². The first-order chi connectivity index (χ1) is 9.26. The summed E-state index contributed by atoms with van der Waals surface area (Å²) in [5.41, 5.74) is -0.747. The van der Waals surface area contributed by atoms with Crippen molar-refractivity contribution >= 4 is 32.7 Å². The van der Waals surface area contributed by atoms with Crippen LogP contribution < -0.4 is 5.56 Å². The summed E-state index contributed by atoms with van der Waals surface area (Å²) in [6, 6.07) is 7.23. The highest BCUT2D eigenvalue weighted by Crippen LogP contribution is 2.16. The molecule has 0 radical (unpaired) electrons. The minimum atomic E-state index is -0.553. The first kappa shape index (κ1) is 14.8. The number of carbonyl (C=O) groups is 1. The number of carbonyl (C=O) groups excluding carboxylic acids is 1. The predicted molar refractivity (Wildman–Crippen MR) is 81.8 cm³/mol. The topological polar surface area (TPSA) is 48.3 Å². The summed E-state index contributed by atoms with van der Waals surface area (Å²) in [6.07, 6.45) is 1.61. The molecule has 2 aromatic rings. The Balaban J connectivity index is 2.32. The van der Waals surface area contributed by atoms with Crippen molar-refractivity contribution in [1.82, 2.24) is 4.57 Å². The van der Waals surface area contributed by atoms with E-state index in [9.17, 15) is 9.59 Å². The maximum Gasteiger partial charge on any atom is 0.326 e. The summed E-state index contributed by atoms with van der Waals surface area (Å²) in [6.45, 7) is 5.31. The number of hydrogen-bond donors (Lipinski definition) is 0. The molecule has 1 aromatic heterocycles. The number of esters is 1. The molecule has 1 aromatic carbocycles. The summed E-state index contributed by atoms with van der Waals surface area (Å²) in [5, 5.41) is 1.42. The molecule has 0 fully saturated rings. The molecule has 0 aliphatic rings. The second kappa shape index (κ2) is 5.40. The number of aromatic nitrogens is 1. The Hall–Kier alpha value is -1.62. The third-order valence-electron chi connectivity index (χ3n) is 2.66. The van der Waals surface area contributed by atoms with E-state index in [2.05, 4.69) is 15.9 Å². The Morgan fingerprint density at radius 2 is 2.00 bits per heavy atom. The fourth-order valence-electron chi connectivity index (χ4n) is 1.90. The fraction of sp³-hybridized carbons (Fsp3) is 0.333. The van der Waals surface area contributed by atoms with Gasteiger partial charge in [0.05, 0.1) is 0 Å². The largest absolute Gasteiger partial charge is 0.459 e. The van der Waals surface area contributed by atoms with Crippen LogP contribution in [0.1, 0.15) is 20.8 Å². The van der Waals surface area contributed by atoms with Crippen LogP contribution in [-0.4, -0.2) is 16.1 Å². The average molecular weight is 338 g/mol. The number of ether oxygens (including phenoxy) is 1. The molecule has 20 heavy (non-hydrogen) atoms. The minimum Gasteiger partial charge on any atom is -0.459 e. The zero-order valence-electron chi connectivity index (χ0n) is 11.6. The zero-order valence-corrected chi connectivity index (χ0v) is 13.2. The molecule has 5 heteroatoms. The van der Waals surface area contributed by atoms with Gasteiger partial charge in [0.1, 0.15) is 12.1 Å². The normalized spacial score (nSPS) is 11.6. The predicted octanol–water partition coefficient (Wildman–Crippen LogP) is 3.11. The van der Waals surface area contributed by atoms with Crippen LogP contribution in [0.15, 0.2) is 39.7 Å². The molecule has 4 nitrogen and oxygen atoms in total. The minimum absolute atomic E-state index is 0.0812. The van der Waals surface area contributed by atoms with Gasteiger partial charge in [0, 0.05) is 16.1 Å². The molecule has 106 valence electrons. The van der Waals surface area contributed by atoms with Crippen LogP contribution in [0.25, 0.3) is 10.8 Å². The van der Waals surface area contributed by atoms with Gasteiger partial charge in [-0.05, 0) is 50.4 Å². The number of nitrogens with zero attached hydrogens (tertiary/aromatic N) is 1. The Bertz CT molecular complexity index is 713. The van der Waals surface area contributed by atoms with Gasteiger partial charge in [0.25, 0.3) is 5.56 Å². The molecule has 0 unspecified atom stereocenters. The summed E-state index contributed by atoms with van der Waals surface area (Å²) in [4.78, 5) is 24.1. The molecule has 0 N–H and O–H groups in total. The van der Waals surface area contributed by atoms with Gasteiger partial charge < -0.3 is 9.30 Å². The lowest BCUT2D eigenvalue weighted by Gasteiger charge is -2.19. The van der Waals surface area contributed by atoms with Crippen molar-refractivity contribution in [3.05, 3.63) is 45.3 Å². The summed E-state index contributed by atoms with van der Waals surface area (Å²) in [7, 11) is 0. The van der Waals surface area contributed by atoms with Gasteiger partial charge in [-0.15, -0.1) is 0 Å². The van der Waals surface area contributed by atoms with E-state index in [1.165, 1.54) is 4.57 Å². The van der Waals surface area contributed by atoms with Crippen molar-refractivity contribution in [3.8, 4) is 0 Å². The van der Waals surface area contributed by atoms with E-state index in [1.807, 2.05) is 18.2 Å². The zero-order chi connectivity index (χ0) is 14.9. The quantitative estimate of drug-likeness (QED) is 0.791. The second-order valence-corrected chi connectivity index (χ2v) is 6.48. The van der Waals surface area contributed by atoms with Gasteiger partial charge in [-0.3, -0.25) is 9.59 Å². The molecule has 0 amide bonds. The highest BCUT2D eigenvalue weighted by molar-refractivity contribution is 9.10. The van der Waals surface area contributed by atoms with E-state index in [0.717, 1.165) is 9.86 Å². The molecule has 0 aliphatic heterocycles. The molecule has 1 heterocycles. The monoisotopic (exact) mass is 337 g/mol. The van der Waals surface area contributed by atoms with Crippen LogP contribution in [0.2, 0.25) is 0 Å². The summed E-state index contributed by atoms with van der Waals surface area (Å²) in [5.74, 6) is -0.420. The lowest BCUT2D eigenvalue weighted by atomic mass is 10.2. The van der Waals surface area contributed by atoms with E-state index >= 15 is 0 Å². The standard InChI is InChI=1S/C15H16BrNO3/c1-15(2,3)20-13(18)9-17-7-6-10-8-11(16)4-5-12(10)14(17)19/h4-8H,9H2,1-3H3. The van der Waals surface area contributed by atoms with Crippen LogP contribution in [-0.2, 0) is 16.1 Å². The molecule has 2 rings (SSSR count). The van der Waals surface area contributed by atoms with Gasteiger partial charge in [-0.2, -0.15) is 0 Å². The molecular weight excluding hydrogens is 322 g/mol. The van der Waals surface area contributed by atoms with Crippen LogP contribution in [0.4, 0.5) is 0 Å². The number of halogens is 1. The summed E-state index contributed by atoms with van der Waals surface area (Å²) < 4.78 is 7.50. The van der Waals surface area contributed by atoms with Crippen LogP contribution in [0, 0.1) is 0 Å². The number of rotatable bonds is 2. The molecule has 0 saturated carbocycles. The molecule has 0 saturated heterocycles. The Labute approximate surface area is 125 Å². The highest BCUT2D eigenvalue weighted by atomic mass is 79.9. The number of pyridine rings is 1. The number of benzene rings is 1. The smallest absolute Gasteiger partial charge is 0.326 e. The molecular formula is C15H16BrNO3. The van der Waals surface area contributed by atoms with Gasteiger partial charge in [-0.1, -0.05) is 15.9 Å². The highest BCUT2D eigenvalue weighted by Gasteiger charge is 2.17. The van der Waals surface area contributed by atoms with E-state index in [1.54, 1.807) is 33.0 Å². The first-order valence-corrected chi connectivity index (χ1v) is 7.06. The van der Waals surface area contributed by atoms with Crippen LogP contribution >= 0.6 is 15.9 Å². The Morgan fingerprint density at radius 1 is 1.30 bits per heavy atom. The average Bonchev–Trinajstić information content (AvgIpc) is 2.30. The Morgan fingerprint density at radius 3 is 2.65 bits per heavy atom. The molecule has 0 aliphatic carbocycles. The van der Waals surface area contributed by atoms with E-state index in [-0.39, 0.29) is 12.1 Å². The third kappa shape index (κ3) is 3.48. The molecule has 0 spiro atoms. The van der Waals surface area contributed by atoms with Gasteiger partial charge in [0.15, 0.2) is 0 Å². The maximum atomic E-state index is 12.3. The number of fused-ring (bicyclic) bond motifs is 1. The van der Waals surface area contributed by atoms with Crippen molar-refractivity contribution < 1.29 is 9.53 Å². The van der Waals surface area contributed by atoms with Gasteiger partial charge in [0.2, 0.25) is 0 Å². The van der Waals surface area contributed by atoms with Crippen LogP contribution in [0.5, 0.6) is 0 Å². The van der Waals surface area contributed by atoms with Crippen molar-refractivity contribution in [1.29, 1.82) is 0 Å². The fourth-order valence-corrected chi connectivity index (χ4v) is 2.28. The van der Waals surface area contributed by atoms with E-state index in [4.69, 9.17) is 4.74 Å². The second-order valence-electron chi connectivity index (χ2n) is 5.57. The van der Waals surface area contributed by atoms with Gasteiger partial charge >= 0.3 is 5.97 Å². The van der Waals surface area contributed by atoms with Crippen molar-refractivity contribution in [2.75, 3.05) is 0 Å². The first-order valence-electron chi connectivity index (χ1n) is 6.27. The SMILES string of the molecule is CC(C)(C)OC(=O)Cn1ccc2cc(Br)ccc2c1=O. The lowest BCUT2D eigenvalue weighted by molar-refractivity contribution is -0.155. The van der Waals surface area contributed by atoms with Crippen molar-refractivity contribution in [2.45, 2.75) is 32.9 Å². The number of hydrogen-bond acceptors (Lipinski definition) is 3. The van der Waals surface area contributed by atoms with Crippen LogP contribution in [0.3, 0.4) is 0 Å². The summed E-state index contributed by atoms with van der Waals surface area (Å²) >= 11 is 3.37. The maximum absolute atomic E-state index is 12.3.